The van der Waals surface area contributed by atoms with E-state index >= 15 is 0 Å². The number of thioether (sulfide) groups is 1. The van der Waals surface area contributed by atoms with Crippen LogP contribution in [0.5, 0.6) is 11.5 Å². The van der Waals surface area contributed by atoms with Gasteiger partial charge in [-0.25, -0.2) is 4.90 Å². The van der Waals surface area contributed by atoms with Gasteiger partial charge in [-0.1, -0.05) is 41.3 Å². The van der Waals surface area contributed by atoms with Crippen molar-refractivity contribution in [2.24, 2.45) is 5.92 Å². The van der Waals surface area contributed by atoms with Crippen LogP contribution in [-0.2, 0) is 33.3 Å². The van der Waals surface area contributed by atoms with E-state index in [1.54, 1.807) is 18.2 Å². The third kappa shape index (κ3) is 6.27. The molecule has 1 fully saturated rings. The second-order valence-electron chi connectivity index (χ2n) is 11.0. The average Bonchev–Trinajstić information content (AvgIpc) is 3.49. The highest BCUT2D eigenvalue weighted by Gasteiger charge is 2.57. The van der Waals surface area contributed by atoms with E-state index in [1.165, 1.54) is 26.4 Å². The van der Waals surface area contributed by atoms with E-state index in [9.17, 15) is 45.5 Å². The molecule has 4 aromatic rings. The number of alkyl halides is 6. The minimum atomic E-state index is -4.75. The number of benzene rings is 3. The fourth-order valence-corrected chi connectivity index (χ4v) is 8.63. The van der Waals surface area contributed by atoms with Crippen molar-refractivity contribution in [1.82, 2.24) is 4.57 Å². The van der Waals surface area contributed by atoms with Gasteiger partial charge in [-0.3, -0.25) is 23.7 Å². The summed E-state index contributed by atoms with van der Waals surface area (Å²) >= 11 is 1.53. The summed E-state index contributed by atoms with van der Waals surface area (Å²) in [6.45, 7) is -0.649. The number of carbonyl (C=O) groups is 3. The highest BCUT2D eigenvalue weighted by Crippen LogP contribution is 2.54. The van der Waals surface area contributed by atoms with E-state index in [0.29, 0.717) is 38.5 Å². The number of aromatic nitrogens is 1. The maximum absolute atomic E-state index is 14.1. The minimum Gasteiger partial charge on any atom is -0.493 e. The Kier molecular flexibility index (Phi) is 8.77. The smallest absolute Gasteiger partial charge is 0.416 e. The summed E-state index contributed by atoms with van der Waals surface area (Å²) in [5.41, 5.74) is -2.09. The number of ether oxygens (including phenoxy) is 2. The van der Waals surface area contributed by atoms with Crippen LogP contribution in [0, 0.1) is 5.92 Å². The highest BCUT2D eigenvalue weighted by atomic mass is 32.2. The number of rotatable bonds is 7. The number of imide groups is 1. The number of hydrogen-bond acceptors (Lipinski definition) is 8. The number of nitrogens with one attached hydrogen (secondary N) is 1. The summed E-state index contributed by atoms with van der Waals surface area (Å²) in [5.74, 6) is -4.02. The van der Waals surface area contributed by atoms with Gasteiger partial charge in [0.25, 0.3) is 0 Å². The van der Waals surface area contributed by atoms with Crippen molar-refractivity contribution in [3.8, 4) is 11.5 Å². The zero-order chi connectivity index (χ0) is 35.4. The molecule has 49 heavy (non-hydrogen) atoms. The van der Waals surface area contributed by atoms with Gasteiger partial charge in [-0.2, -0.15) is 26.3 Å². The van der Waals surface area contributed by atoms with E-state index < -0.39 is 69.7 Å². The van der Waals surface area contributed by atoms with Crippen molar-refractivity contribution in [1.29, 1.82) is 0 Å². The van der Waals surface area contributed by atoms with E-state index in [-0.39, 0.29) is 22.2 Å². The normalized spacial score (nSPS) is 19.0. The fraction of sp³-hybridized carbons (Fsp3) is 0.250. The first-order valence-corrected chi connectivity index (χ1v) is 16.0. The summed E-state index contributed by atoms with van der Waals surface area (Å²) in [7, 11) is 2.79. The van der Waals surface area contributed by atoms with Gasteiger partial charge in [0, 0.05) is 16.5 Å². The van der Waals surface area contributed by atoms with Crippen LogP contribution < -0.4 is 24.6 Å². The van der Waals surface area contributed by atoms with Gasteiger partial charge in [-0.05, 0) is 54.1 Å². The zero-order valence-corrected chi connectivity index (χ0v) is 26.9. The van der Waals surface area contributed by atoms with Crippen LogP contribution in [0.15, 0.2) is 76.6 Å². The third-order valence-corrected chi connectivity index (χ3v) is 10.6. The lowest BCUT2D eigenvalue weighted by Crippen LogP contribution is -2.33. The Hall–Kier alpha value is -4.77. The number of carbonyl (C=O) groups excluding carboxylic acids is 3. The first kappa shape index (κ1) is 34.1. The number of fused-ring (bicyclic) bond motifs is 2. The van der Waals surface area contributed by atoms with Gasteiger partial charge in [0.15, 0.2) is 11.5 Å². The van der Waals surface area contributed by atoms with Crippen molar-refractivity contribution in [3.05, 3.63) is 98.0 Å². The molecule has 3 atom stereocenters. The van der Waals surface area contributed by atoms with Crippen LogP contribution >= 0.6 is 23.1 Å². The lowest BCUT2D eigenvalue weighted by Gasteiger charge is -2.31. The van der Waals surface area contributed by atoms with Crippen LogP contribution in [0.4, 0.5) is 37.7 Å². The molecule has 1 N–H and O–H groups in total. The summed E-state index contributed by atoms with van der Waals surface area (Å²) < 4.78 is 92.2. The molecule has 17 heteroatoms. The van der Waals surface area contributed by atoms with Gasteiger partial charge in [0.2, 0.25) is 17.7 Å². The van der Waals surface area contributed by atoms with E-state index in [0.717, 1.165) is 46.7 Å². The molecule has 0 radical (unpaired) electrons. The number of nitrogens with zero attached hydrogens (tertiary/aromatic N) is 2. The molecule has 0 spiro atoms. The SMILES string of the molecule is COc1ccc(C2c3sc(=O)n(CC(=O)Nc4cccc(C(F)(F)F)c4)c3SC3C(=O)N(c4cccc(C(F)(F)F)c4)C(=O)C32)cc1OC. The average molecular weight is 724 g/mol. The van der Waals surface area contributed by atoms with Crippen LogP contribution in [0.1, 0.15) is 27.5 Å². The Labute approximate surface area is 281 Å². The summed E-state index contributed by atoms with van der Waals surface area (Å²) in [5, 5.41) is 1.28. The number of hydrogen-bond donors (Lipinski definition) is 1. The zero-order valence-electron chi connectivity index (χ0n) is 25.2. The van der Waals surface area contributed by atoms with Crippen LogP contribution in [-0.4, -0.2) is 41.8 Å². The molecule has 0 bridgehead atoms. The molecular formula is C32H23F6N3O6S2. The van der Waals surface area contributed by atoms with Crippen LogP contribution in [0.2, 0.25) is 0 Å². The molecule has 2 aliphatic rings. The molecule has 0 aliphatic carbocycles. The van der Waals surface area contributed by atoms with Gasteiger partial charge in [0.1, 0.15) is 11.8 Å². The topological polar surface area (TPSA) is 107 Å². The number of amides is 3. The minimum absolute atomic E-state index is 0.155. The molecule has 6 rings (SSSR count). The number of anilines is 2. The predicted molar refractivity (Wildman–Crippen MR) is 167 cm³/mol. The lowest BCUT2D eigenvalue weighted by atomic mass is 9.83. The fourth-order valence-electron chi connectivity index (χ4n) is 5.85. The number of halogens is 6. The van der Waals surface area contributed by atoms with Crippen molar-refractivity contribution in [2.45, 2.75) is 35.1 Å². The molecule has 3 unspecified atom stereocenters. The molecule has 2 aliphatic heterocycles. The van der Waals surface area contributed by atoms with Gasteiger partial charge >= 0.3 is 17.2 Å². The Balaban J connectivity index is 1.42. The summed E-state index contributed by atoms with van der Waals surface area (Å²) in [4.78, 5) is 54.8. The van der Waals surface area contributed by atoms with Crippen molar-refractivity contribution in [3.63, 3.8) is 0 Å². The van der Waals surface area contributed by atoms with Crippen LogP contribution in [0.25, 0.3) is 0 Å². The second-order valence-corrected chi connectivity index (χ2v) is 13.1. The Morgan fingerprint density at radius 1 is 0.837 bits per heavy atom. The molecule has 3 aromatic carbocycles. The standard InChI is InChI=1S/C32H23F6N3O6S2/c1-46-20-10-9-15(11-21(20)47-2)23-24-25(28(44)41(27(24)43)19-8-4-6-17(13-19)32(36,37)38)48-29-26(23)49-30(45)40(29)14-22(42)39-18-7-3-5-16(12-18)31(33,34)35/h3-13,23-25H,14H2,1-2H3,(H,39,42). The molecular weight excluding hydrogens is 700 g/mol. The first-order chi connectivity index (χ1) is 23.1. The number of methoxy groups -OCH3 is 2. The predicted octanol–water partition coefficient (Wildman–Crippen LogP) is 6.40. The van der Waals surface area contributed by atoms with Crippen molar-refractivity contribution in [2.75, 3.05) is 24.4 Å². The van der Waals surface area contributed by atoms with E-state index in [2.05, 4.69) is 5.32 Å². The number of thiazole rings is 1. The molecule has 1 saturated heterocycles. The third-order valence-electron chi connectivity index (χ3n) is 8.02. The van der Waals surface area contributed by atoms with Crippen LogP contribution in [0.3, 0.4) is 0 Å². The quantitative estimate of drug-likeness (QED) is 0.174. The van der Waals surface area contributed by atoms with Crippen molar-refractivity contribution >= 4 is 52.2 Å². The Bertz CT molecular complexity index is 2040. The van der Waals surface area contributed by atoms with Crippen molar-refractivity contribution < 1.29 is 50.2 Å². The lowest BCUT2D eigenvalue weighted by molar-refractivity contribution is -0.138. The molecule has 0 saturated carbocycles. The summed E-state index contributed by atoms with van der Waals surface area (Å²) in [6.07, 6.45) is -9.41. The highest BCUT2D eigenvalue weighted by molar-refractivity contribution is 8.00. The molecule has 3 heterocycles. The monoisotopic (exact) mass is 723 g/mol. The Morgan fingerprint density at radius 2 is 1.49 bits per heavy atom. The molecule has 3 amide bonds. The largest absolute Gasteiger partial charge is 0.493 e. The van der Waals surface area contributed by atoms with Gasteiger partial charge in [-0.15, -0.1) is 0 Å². The summed E-state index contributed by atoms with van der Waals surface area (Å²) in [6, 6.07) is 12.4. The molecule has 9 nitrogen and oxygen atoms in total. The maximum Gasteiger partial charge on any atom is 0.416 e. The molecule has 1 aromatic heterocycles. The molecule has 256 valence electrons. The second kappa shape index (κ2) is 12.6. The van der Waals surface area contributed by atoms with Gasteiger partial charge < -0.3 is 14.8 Å². The van der Waals surface area contributed by atoms with E-state index in [4.69, 9.17) is 9.47 Å². The van der Waals surface area contributed by atoms with Gasteiger partial charge in [0.05, 0.1) is 42.0 Å². The first-order valence-electron chi connectivity index (χ1n) is 14.3. The Morgan fingerprint density at radius 3 is 2.14 bits per heavy atom. The van der Waals surface area contributed by atoms with E-state index in [1.807, 2.05) is 0 Å². The maximum atomic E-state index is 14.1.